The number of fused-ring (bicyclic) bond motifs is 2. The summed E-state index contributed by atoms with van der Waals surface area (Å²) in [6, 6.07) is 11.8. The van der Waals surface area contributed by atoms with Crippen LogP contribution in [0.4, 0.5) is 25.1 Å². The van der Waals surface area contributed by atoms with Crippen molar-refractivity contribution < 1.29 is 36.3 Å². The molecule has 5 aromatic rings. The standard InChI is InChI=1S/C44H46F2N10O7S/c1-25(64(48,60)61)13-26-3-5-33(45)39(32(26)20-47)63-29-4-6-35-30(14-29)41(58)56(24-49-35)28-19-44(62-21-28)8-11-53(12-9-44)27-17-43(18-27)22-54(23-43)37-16-36-31(15-34(37)46)40(51-52(36)2)55-10-7-38(57)50-42(55)59/h3-6,14-16,24-25,27-28H,7-13,17-19,21-23H2,1-2H3,(H2,48,60,61)(H,50,57,59)/t25?,28-/m1/s1. The van der Waals surface area contributed by atoms with Crippen LogP contribution in [-0.2, 0) is 33.0 Å². The number of aryl methyl sites for hydroxylation is 1. The number of rotatable bonds is 9. The van der Waals surface area contributed by atoms with Gasteiger partial charge in [-0.3, -0.25) is 29.1 Å². The smallest absolute Gasteiger partial charge is 0.329 e. The molecule has 10 rings (SSSR count). The number of anilines is 2. The van der Waals surface area contributed by atoms with E-state index in [-0.39, 0.29) is 81.7 Å². The zero-order chi connectivity index (χ0) is 44.9. The lowest BCUT2D eigenvalue weighted by Gasteiger charge is -2.62. The number of nitrogens with two attached hydrogens (primary N) is 1. The number of imide groups is 1. The molecule has 2 spiro atoms. The van der Waals surface area contributed by atoms with Crippen molar-refractivity contribution >= 4 is 55.3 Å². The van der Waals surface area contributed by atoms with Gasteiger partial charge in [0.15, 0.2) is 17.4 Å². The van der Waals surface area contributed by atoms with Gasteiger partial charge in [0.2, 0.25) is 15.9 Å². The maximum absolute atomic E-state index is 15.7. The highest BCUT2D eigenvalue weighted by atomic mass is 32.2. The summed E-state index contributed by atoms with van der Waals surface area (Å²) in [7, 11) is -2.15. The number of hydrogen-bond donors (Lipinski definition) is 2. The van der Waals surface area contributed by atoms with Crippen LogP contribution in [0.15, 0.2) is 53.6 Å². The number of carbonyl (C=O) groups is 2. The van der Waals surface area contributed by atoms with Crippen molar-refractivity contribution in [3.8, 4) is 17.6 Å². The summed E-state index contributed by atoms with van der Waals surface area (Å²) < 4.78 is 70.1. The largest absolute Gasteiger partial charge is 0.453 e. The number of sulfonamides is 1. The molecule has 20 heteroatoms. The summed E-state index contributed by atoms with van der Waals surface area (Å²) >= 11 is 0. The molecule has 3 aromatic carbocycles. The number of nitrogens with zero attached hydrogens (tertiary/aromatic N) is 8. The van der Waals surface area contributed by atoms with Crippen LogP contribution < -0.4 is 30.6 Å². The van der Waals surface area contributed by atoms with Gasteiger partial charge in [-0.1, -0.05) is 6.07 Å². The van der Waals surface area contributed by atoms with Gasteiger partial charge < -0.3 is 19.3 Å². The third-order valence-corrected chi connectivity index (χ3v) is 15.4. The van der Waals surface area contributed by atoms with E-state index in [1.165, 1.54) is 42.4 Å². The zero-order valence-electron chi connectivity index (χ0n) is 35.2. The van der Waals surface area contributed by atoms with Gasteiger partial charge in [0.05, 0.1) is 51.9 Å². The molecule has 0 radical (unpaired) electrons. The Balaban J connectivity index is 0.757. The fraction of sp³-hybridized carbons (Fsp3) is 0.455. The summed E-state index contributed by atoms with van der Waals surface area (Å²) in [5.41, 5.74) is 1.17. The Morgan fingerprint density at radius 3 is 2.50 bits per heavy atom. The van der Waals surface area contributed by atoms with E-state index in [9.17, 15) is 28.1 Å². The molecule has 0 bridgehead atoms. The zero-order valence-corrected chi connectivity index (χ0v) is 36.0. The maximum atomic E-state index is 15.7. The highest BCUT2D eigenvalue weighted by molar-refractivity contribution is 7.89. The van der Waals surface area contributed by atoms with Crippen LogP contribution >= 0.6 is 0 Å². The third kappa shape index (κ3) is 7.23. The van der Waals surface area contributed by atoms with Gasteiger partial charge in [-0.15, -0.1) is 0 Å². The van der Waals surface area contributed by atoms with Crippen molar-refractivity contribution in [2.45, 2.75) is 74.8 Å². The number of piperidine rings is 1. The molecule has 6 heterocycles. The molecule has 2 atom stereocenters. The van der Waals surface area contributed by atoms with Crippen molar-refractivity contribution in [1.29, 1.82) is 5.26 Å². The molecule has 2 aromatic heterocycles. The minimum atomic E-state index is -3.91. The van der Waals surface area contributed by atoms with Gasteiger partial charge >= 0.3 is 6.03 Å². The van der Waals surface area contributed by atoms with Crippen molar-refractivity contribution in [3.63, 3.8) is 0 Å². The summed E-state index contributed by atoms with van der Waals surface area (Å²) in [6.45, 7) is 5.17. The monoisotopic (exact) mass is 896 g/mol. The lowest BCUT2D eigenvalue weighted by Crippen LogP contribution is -2.67. The first-order chi connectivity index (χ1) is 30.5. The number of carbonyl (C=O) groups excluding carboxylic acids is 2. The Morgan fingerprint density at radius 2 is 1.78 bits per heavy atom. The number of hydrogen-bond acceptors (Lipinski definition) is 12. The Morgan fingerprint density at radius 1 is 1.02 bits per heavy atom. The van der Waals surface area contributed by atoms with Crippen molar-refractivity contribution in [2.24, 2.45) is 17.6 Å². The average Bonchev–Trinajstić information content (AvgIpc) is 3.78. The number of benzene rings is 3. The van der Waals surface area contributed by atoms with Crippen LogP contribution in [0.25, 0.3) is 21.8 Å². The minimum Gasteiger partial charge on any atom is -0.453 e. The van der Waals surface area contributed by atoms with E-state index in [0.29, 0.717) is 47.0 Å². The molecule has 3 amide bonds. The van der Waals surface area contributed by atoms with Crippen molar-refractivity contribution in [1.82, 2.24) is 29.5 Å². The molecule has 1 saturated carbocycles. The van der Waals surface area contributed by atoms with Gasteiger partial charge in [0, 0.05) is 63.0 Å². The predicted molar refractivity (Wildman–Crippen MR) is 230 cm³/mol. The van der Waals surface area contributed by atoms with Crippen LogP contribution in [0, 0.1) is 28.4 Å². The highest BCUT2D eigenvalue weighted by Crippen LogP contribution is 2.53. The summed E-state index contributed by atoms with van der Waals surface area (Å²) in [4.78, 5) is 48.7. The summed E-state index contributed by atoms with van der Waals surface area (Å²) in [5, 5.41) is 21.8. The second-order valence-corrected chi connectivity index (χ2v) is 20.2. The lowest BCUT2D eigenvalue weighted by molar-refractivity contribution is -0.120. The Labute approximate surface area is 366 Å². The molecular weight excluding hydrogens is 851 g/mol. The molecule has 1 unspecified atom stereocenters. The average molecular weight is 897 g/mol. The van der Waals surface area contributed by atoms with Gasteiger partial charge in [0.25, 0.3) is 5.56 Å². The molecule has 1 aliphatic carbocycles. The molecule has 4 aliphatic heterocycles. The number of likely N-dealkylation sites (tertiary alicyclic amines) is 1. The molecule has 334 valence electrons. The molecule has 64 heavy (non-hydrogen) atoms. The van der Waals surface area contributed by atoms with Gasteiger partial charge in [-0.25, -0.2) is 32.1 Å². The van der Waals surface area contributed by atoms with Gasteiger partial charge in [-0.2, -0.15) is 10.4 Å². The molecule has 5 aliphatic rings. The predicted octanol–water partition coefficient (Wildman–Crippen LogP) is 4.36. The number of urea groups is 1. The summed E-state index contributed by atoms with van der Waals surface area (Å²) in [6.07, 6.45) is 5.90. The second kappa shape index (κ2) is 15.3. The molecule has 5 fully saturated rings. The molecule has 3 N–H and O–H groups in total. The number of nitriles is 1. The first-order valence-electron chi connectivity index (χ1n) is 21.4. The van der Waals surface area contributed by atoms with Gasteiger partial charge in [0.1, 0.15) is 23.2 Å². The summed E-state index contributed by atoms with van der Waals surface area (Å²) in [5.74, 6) is -1.50. The van der Waals surface area contributed by atoms with E-state index in [2.05, 4.69) is 25.2 Å². The SMILES string of the molecule is CC(Cc1ccc(F)c(Oc2ccc3ncn([C@H]4COC5(CCN(C6CC7(C6)CN(c6cc8c(cc6F)c(N6CCC(=O)NC6=O)nn8C)C7)CC5)C4)c(=O)c3c2)c1C#N)S(N)(=O)=O. The van der Waals surface area contributed by atoms with Crippen molar-refractivity contribution in [2.75, 3.05) is 49.1 Å². The van der Waals surface area contributed by atoms with Crippen molar-refractivity contribution in [3.05, 3.63) is 81.9 Å². The first kappa shape index (κ1) is 42.0. The number of halogens is 2. The Bertz CT molecular complexity index is 2980. The number of aromatic nitrogens is 4. The van der Waals surface area contributed by atoms with E-state index in [1.807, 2.05) is 6.07 Å². The third-order valence-electron chi connectivity index (χ3n) is 14.1. The first-order valence-corrected chi connectivity index (χ1v) is 23.0. The second-order valence-electron chi connectivity index (χ2n) is 18.2. The van der Waals surface area contributed by atoms with E-state index < -0.39 is 27.1 Å². The molecule has 17 nitrogen and oxygen atoms in total. The van der Waals surface area contributed by atoms with Crippen LogP contribution in [0.5, 0.6) is 11.5 Å². The Kier molecular flexibility index (Phi) is 10.0. The van der Waals surface area contributed by atoms with E-state index >= 15 is 8.78 Å². The molecular formula is C44H46F2N10O7S. The number of primary sulfonamides is 1. The lowest BCUT2D eigenvalue weighted by atomic mass is 9.59. The Hall–Kier alpha value is -6.01. The van der Waals surface area contributed by atoms with Crippen LogP contribution in [0.3, 0.4) is 0 Å². The van der Waals surface area contributed by atoms with E-state index in [1.54, 1.807) is 28.4 Å². The molecule has 4 saturated heterocycles. The fourth-order valence-electron chi connectivity index (χ4n) is 10.5. The number of amides is 3. The number of nitrogens with one attached hydrogen (secondary N) is 1. The van der Waals surface area contributed by atoms with Crippen LogP contribution in [-0.4, -0.2) is 101 Å². The van der Waals surface area contributed by atoms with E-state index in [0.717, 1.165) is 57.9 Å². The fourth-order valence-corrected chi connectivity index (χ4v) is 10.9. The topological polar surface area (TPSA) is 211 Å². The highest BCUT2D eigenvalue weighted by Gasteiger charge is 2.55. The van der Waals surface area contributed by atoms with Crippen LogP contribution in [0.2, 0.25) is 0 Å². The van der Waals surface area contributed by atoms with Gasteiger partial charge in [-0.05, 0) is 87.4 Å². The maximum Gasteiger partial charge on any atom is 0.329 e. The van der Waals surface area contributed by atoms with Crippen LogP contribution in [0.1, 0.15) is 62.6 Å². The van der Waals surface area contributed by atoms with E-state index in [4.69, 9.17) is 14.6 Å². The minimum absolute atomic E-state index is 0.106. The number of ether oxygens (including phenoxy) is 2. The quantitative estimate of drug-likeness (QED) is 0.212. The normalized spacial score (nSPS) is 21.6.